The molecule has 0 bridgehead atoms. The summed E-state index contributed by atoms with van der Waals surface area (Å²) in [7, 11) is -2.86. The van der Waals surface area contributed by atoms with Gasteiger partial charge in [0.1, 0.15) is 24.4 Å². The maximum Gasteiger partial charge on any atom is 0.261 e. The summed E-state index contributed by atoms with van der Waals surface area (Å²) in [6, 6.07) is 30.4. The van der Waals surface area contributed by atoms with Crippen LogP contribution in [0.15, 0.2) is 91.0 Å². The first-order chi connectivity index (χ1) is 18.5. The fourth-order valence-corrected chi connectivity index (χ4v) is 10.4. The fourth-order valence-electron chi connectivity index (χ4n) is 5.86. The van der Waals surface area contributed by atoms with Crippen molar-refractivity contribution < 1.29 is 24.1 Å². The zero-order valence-corrected chi connectivity index (χ0v) is 24.3. The minimum atomic E-state index is -2.86. The molecule has 0 saturated carbocycles. The van der Waals surface area contributed by atoms with Crippen molar-refractivity contribution in [2.75, 3.05) is 6.61 Å². The van der Waals surface area contributed by atoms with E-state index in [1.807, 2.05) is 66.7 Å². The Bertz CT molecular complexity index is 1310. The Kier molecular flexibility index (Phi) is 7.58. The molecular formula is C32H39NO5Si. The van der Waals surface area contributed by atoms with Crippen LogP contribution in [0.4, 0.5) is 0 Å². The lowest BCUT2D eigenvalue weighted by molar-refractivity contribution is -0.162. The van der Waals surface area contributed by atoms with E-state index in [1.54, 1.807) is 13.8 Å². The van der Waals surface area contributed by atoms with Crippen molar-refractivity contribution in [3.8, 4) is 0 Å². The number of H-pyrrole nitrogens is 1. The van der Waals surface area contributed by atoms with E-state index in [0.717, 1.165) is 21.3 Å². The molecule has 3 N–H and O–H groups in total. The van der Waals surface area contributed by atoms with Gasteiger partial charge in [-0.05, 0) is 46.8 Å². The number of fused-ring (bicyclic) bond motifs is 1. The van der Waals surface area contributed by atoms with Crippen molar-refractivity contribution in [2.45, 2.75) is 69.9 Å². The summed E-state index contributed by atoms with van der Waals surface area (Å²) in [5, 5.41) is 26.0. The van der Waals surface area contributed by atoms with Crippen LogP contribution in [0.5, 0.6) is 0 Å². The molecule has 1 fully saturated rings. The number of para-hydroxylation sites is 1. The zero-order chi connectivity index (χ0) is 27.8. The van der Waals surface area contributed by atoms with Crippen LogP contribution in [0, 0.1) is 0 Å². The third kappa shape index (κ3) is 5.35. The highest BCUT2D eigenvalue weighted by Crippen LogP contribution is 2.39. The van der Waals surface area contributed by atoms with Crippen molar-refractivity contribution in [3.05, 3.63) is 96.7 Å². The van der Waals surface area contributed by atoms with Crippen LogP contribution in [0.1, 0.15) is 46.4 Å². The van der Waals surface area contributed by atoms with Crippen molar-refractivity contribution in [3.63, 3.8) is 0 Å². The van der Waals surface area contributed by atoms with Crippen LogP contribution in [0.3, 0.4) is 0 Å². The molecule has 39 heavy (non-hydrogen) atoms. The van der Waals surface area contributed by atoms with Crippen molar-refractivity contribution >= 4 is 29.6 Å². The minimum Gasteiger partial charge on any atom is -0.405 e. The van der Waals surface area contributed by atoms with Crippen LogP contribution in [-0.2, 0) is 13.9 Å². The summed E-state index contributed by atoms with van der Waals surface area (Å²) in [5.74, 6) is -0.972. The smallest absolute Gasteiger partial charge is 0.261 e. The van der Waals surface area contributed by atoms with Gasteiger partial charge in [-0.25, -0.2) is 0 Å². The monoisotopic (exact) mass is 545 g/mol. The molecule has 5 rings (SSSR count). The molecule has 0 unspecified atom stereocenters. The Balaban J connectivity index is 1.45. The maximum atomic E-state index is 11.6. The Labute approximate surface area is 231 Å². The molecule has 1 aliphatic rings. The first kappa shape index (κ1) is 27.8. The second-order valence-corrected chi connectivity index (χ2v) is 16.2. The van der Waals surface area contributed by atoms with E-state index in [1.165, 1.54) is 0 Å². The van der Waals surface area contributed by atoms with Gasteiger partial charge in [0.25, 0.3) is 8.32 Å². The van der Waals surface area contributed by atoms with Gasteiger partial charge in [0.2, 0.25) is 0 Å². The van der Waals surface area contributed by atoms with Gasteiger partial charge in [0.05, 0.1) is 6.61 Å². The molecule has 0 amide bonds. The second kappa shape index (κ2) is 10.7. The molecule has 4 aromatic rings. The maximum absolute atomic E-state index is 11.6. The van der Waals surface area contributed by atoms with E-state index in [4.69, 9.17) is 13.9 Å². The molecule has 1 aliphatic heterocycles. The number of hydrogen-bond acceptors (Lipinski definition) is 5. The van der Waals surface area contributed by atoms with Gasteiger partial charge < -0.3 is 29.1 Å². The highest BCUT2D eigenvalue weighted by Gasteiger charge is 2.53. The van der Waals surface area contributed by atoms with Gasteiger partial charge >= 0.3 is 0 Å². The number of benzene rings is 3. The second-order valence-electron chi connectivity index (χ2n) is 11.9. The SMILES string of the molecule is CC1(C)O[C@@H]([C@@H](O)c2cc3ccccc3[nH]2)[C@@H]([C@H](O)CO[Si](c2ccccc2)(c2ccccc2)C(C)(C)C)O1. The standard InChI is InChI=1S/C32H39NO5Si/c1-31(2,3)39(23-15-8-6-9-16-23,24-17-10-7-11-18-24)36-21-27(34)29-30(38-32(4,5)37-29)28(35)26-20-22-14-12-13-19-25(22)33-26/h6-20,27-30,33-35H,21H2,1-5H3/t27-,28+,29-,30+/m1/s1. The molecule has 4 atom stereocenters. The van der Waals surface area contributed by atoms with E-state index in [2.05, 4.69) is 50.0 Å². The highest BCUT2D eigenvalue weighted by molar-refractivity contribution is 6.99. The molecule has 2 heterocycles. The zero-order valence-electron chi connectivity index (χ0n) is 23.3. The number of nitrogens with one attached hydrogen (secondary N) is 1. The molecule has 0 spiro atoms. The fraction of sp³-hybridized carbons (Fsp3) is 0.375. The summed E-state index contributed by atoms with van der Waals surface area (Å²) in [6.45, 7) is 10.2. The van der Waals surface area contributed by atoms with Gasteiger partial charge in [-0.3, -0.25) is 0 Å². The molecule has 1 saturated heterocycles. The molecule has 1 aromatic heterocycles. The van der Waals surface area contributed by atoms with Crippen LogP contribution in [-0.4, -0.2) is 54.2 Å². The Morgan fingerprint density at radius 1 is 0.846 bits per heavy atom. The van der Waals surface area contributed by atoms with Crippen molar-refractivity contribution in [1.82, 2.24) is 4.98 Å². The summed E-state index contributed by atoms with van der Waals surface area (Å²) in [4.78, 5) is 3.29. The van der Waals surface area contributed by atoms with Crippen LogP contribution in [0.2, 0.25) is 5.04 Å². The van der Waals surface area contributed by atoms with Gasteiger partial charge in [-0.2, -0.15) is 0 Å². The van der Waals surface area contributed by atoms with E-state index in [-0.39, 0.29) is 11.6 Å². The number of hydrogen-bond donors (Lipinski definition) is 3. The number of rotatable bonds is 8. The molecule has 3 aromatic carbocycles. The van der Waals surface area contributed by atoms with Gasteiger partial charge in [0.15, 0.2) is 5.79 Å². The number of aromatic amines is 1. The Morgan fingerprint density at radius 3 is 1.95 bits per heavy atom. The summed E-state index contributed by atoms with van der Waals surface area (Å²) >= 11 is 0. The van der Waals surface area contributed by atoms with E-state index in [9.17, 15) is 10.2 Å². The van der Waals surface area contributed by atoms with E-state index >= 15 is 0 Å². The molecule has 0 aliphatic carbocycles. The normalized spacial score (nSPS) is 21.2. The largest absolute Gasteiger partial charge is 0.405 e. The Hall–Kier alpha value is -2.78. The van der Waals surface area contributed by atoms with Crippen LogP contribution in [0.25, 0.3) is 10.9 Å². The molecule has 206 valence electrons. The third-order valence-electron chi connectivity index (χ3n) is 7.61. The first-order valence-corrected chi connectivity index (χ1v) is 15.5. The predicted molar refractivity (Wildman–Crippen MR) is 157 cm³/mol. The summed E-state index contributed by atoms with van der Waals surface area (Å²) < 4.78 is 19.3. The molecule has 0 radical (unpaired) electrons. The summed E-state index contributed by atoms with van der Waals surface area (Å²) in [6.07, 6.45) is -3.63. The lowest BCUT2D eigenvalue weighted by atomic mass is 10.0. The summed E-state index contributed by atoms with van der Waals surface area (Å²) in [5.41, 5.74) is 1.55. The topological polar surface area (TPSA) is 83.9 Å². The number of aliphatic hydroxyl groups is 2. The van der Waals surface area contributed by atoms with Gasteiger partial charge in [0, 0.05) is 11.2 Å². The highest BCUT2D eigenvalue weighted by atomic mass is 28.4. The van der Waals surface area contributed by atoms with Crippen molar-refractivity contribution in [1.29, 1.82) is 0 Å². The average Bonchev–Trinajstić information content (AvgIpc) is 3.49. The van der Waals surface area contributed by atoms with Gasteiger partial charge in [-0.1, -0.05) is 99.6 Å². The van der Waals surface area contributed by atoms with Crippen LogP contribution >= 0.6 is 0 Å². The third-order valence-corrected chi connectivity index (χ3v) is 12.6. The first-order valence-electron chi connectivity index (χ1n) is 13.6. The predicted octanol–water partition coefficient (Wildman–Crippen LogP) is 4.66. The Morgan fingerprint density at radius 2 is 1.38 bits per heavy atom. The number of aliphatic hydroxyl groups excluding tert-OH is 2. The van der Waals surface area contributed by atoms with E-state index < -0.39 is 38.5 Å². The van der Waals surface area contributed by atoms with E-state index in [0.29, 0.717) is 5.69 Å². The molecular weight excluding hydrogens is 506 g/mol. The van der Waals surface area contributed by atoms with Crippen molar-refractivity contribution in [2.24, 2.45) is 0 Å². The lowest BCUT2D eigenvalue weighted by Gasteiger charge is -2.43. The average molecular weight is 546 g/mol. The number of ether oxygens (including phenoxy) is 2. The van der Waals surface area contributed by atoms with Gasteiger partial charge in [-0.15, -0.1) is 0 Å². The number of aromatic nitrogens is 1. The molecule has 7 heteroatoms. The minimum absolute atomic E-state index is 0.0350. The van der Waals surface area contributed by atoms with Crippen LogP contribution < -0.4 is 10.4 Å². The quantitative estimate of drug-likeness (QED) is 0.281. The molecule has 6 nitrogen and oxygen atoms in total. The lowest BCUT2D eigenvalue weighted by Crippen LogP contribution is -2.67.